The maximum Gasteiger partial charge on any atom is 0.227 e. The van der Waals surface area contributed by atoms with Crippen molar-refractivity contribution in [2.24, 2.45) is 0 Å². The quantitative estimate of drug-likeness (QED) is 0.729. The number of rotatable bonds is 5. The number of aryl methyl sites for hydroxylation is 1. The Morgan fingerprint density at radius 3 is 2.68 bits per heavy atom. The largest absolute Gasteiger partial charge is 0.489 e. The van der Waals surface area contributed by atoms with E-state index in [-0.39, 0.29) is 6.10 Å². The van der Waals surface area contributed by atoms with Crippen LogP contribution in [-0.2, 0) is 22.0 Å². The fraction of sp³-hybridized carbons (Fsp3) is 0.545. The topological polar surface area (TPSA) is 76.6 Å². The number of benzene rings is 1. The molecule has 1 unspecified atom stereocenters. The highest BCUT2D eigenvalue weighted by Gasteiger charge is 2.30. The van der Waals surface area contributed by atoms with E-state index in [1.807, 2.05) is 24.3 Å². The number of ether oxygens (including phenoxy) is 2. The fourth-order valence-electron chi connectivity index (χ4n) is 4.35. The van der Waals surface area contributed by atoms with Crippen molar-refractivity contribution in [2.45, 2.75) is 49.1 Å². The van der Waals surface area contributed by atoms with Gasteiger partial charge in [0, 0.05) is 57.4 Å². The Labute approximate surface area is 190 Å². The molecule has 0 saturated carbocycles. The van der Waals surface area contributed by atoms with E-state index in [1.165, 1.54) is 0 Å². The first-order chi connectivity index (χ1) is 15.2. The zero-order valence-corrected chi connectivity index (χ0v) is 19.0. The minimum Gasteiger partial charge on any atom is -0.489 e. The van der Waals surface area contributed by atoms with Gasteiger partial charge in [-0.2, -0.15) is 4.98 Å². The van der Waals surface area contributed by atoms with Gasteiger partial charge in [0.2, 0.25) is 5.95 Å². The lowest BCUT2D eigenvalue weighted by Gasteiger charge is -2.33. The van der Waals surface area contributed by atoms with Crippen molar-refractivity contribution in [3.05, 3.63) is 35.0 Å². The van der Waals surface area contributed by atoms with E-state index in [0.29, 0.717) is 16.8 Å². The van der Waals surface area contributed by atoms with Crippen LogP contribution in [0.3, 0.4) is 0 Å². The second-order valence-corrected chi connectivity index (χ2v) is 10.1. The molecular weight excluding hydrogens is 436 g/mol. The molecule has 9 heteroatoms. The molecule has 1 aromatic heterocycles. The van der Waals surface area contributed by atoms with Crippen LogP contribution >= 0.6 is 11.6 Å². The van der Waals surface area contributed by atoms with E-state index < -0.39 is 10.8 Å². The monoisotopic (exact) mass is 462 g/mol. The summed E-state index contributed by atoms with van der Waals surface area (Å²) in [4.78, 5) is 12.7. The average Bonchev–Trinajstić information content (AvgIpc) is 3.17. The summed E-state index contributed by atoms with van der Waals surface area (Å²) in [6.07, 6.45) is 4.49. The Balaban J connectivity index is 1.30. The maximum atomic E-state index is 12.6. The first-order valence-electron chi connectivity index (χ1n) is 11.0. The fourth-order valence-corrected chi connectivity index (χ4v) is 5.85. The Hall–Kier alpha value is -1.90. The predicted molar refractivity (Wildman–Crippen MR) is 122 cm³/mol. The van der Waals surface area contributed by atoms with E-state index in [1.54, 1.807) is 0 Å². The van der Waals surface area contributed by atoms with Gasteiger partial charge >= 0.3 is 0 Å². The molecule has 0 bridgehead atoms. The molecule has 4 heterocycles. The molecule has 1 aromatic carbocycles. The number of hydrogen-bond acceptors (Lipinski definition) is 7. The normalized spacial score (nSPS) is 22.4. The zero-order valence-electron chi connectivity index (χ0n) is 17.4. The lowest BCUT2D eigenvalue weighted by atomic mass is 10.1. The van der Waals surface area contributed by atoms with Crippen LogP contribution in [0.2, 0.25) is 5.02 Å². The van der Waals surface area contributed by atoms with Crippen molar-refractivity contribution in [1.82, 2.24) is 9.97 Å². The molecule has 2 fully saturated rings. The van der Waals surface area contributed by atoms with Gasteiger partial charge in [-0.25, -0.2) is 4.98 Å². The summed E-state index contributed by atoms with van der Waals surface area (Å²) in [6, 6.07) is 7.90. The summed E-state index contributed by atoms with van der Waals surface area (Å²) in [6.45, 7) is 3.13. The zero-order chi connectivity index (χ0) is 21.2. The lowest BCUT2D eigenvalue weighted by Crippen LogP contribution is -2.39. The Bertz CT molecular complexity index is 962. The van der Waals surface area contributed by atoms with Crippen molar-refractivity contribution in [2.75, 3.05) is 42.3 Å². The summed E-state index contributed by atoms with van der Waals surface area (Å²) >= 11 is 6.24. The van der Waals surface area contributed by atoms with Crippen LogP contribution in [0.25, 0.3) is 0 Å². The van der Waals surface area contributed by atoms with Crippen LogP contribution in [0.15, 0.2) is 29.2 Å². The SMILES string of the molecule is O=S1CCc2nc(N3CCC(Oc4ccccc4Cl)CC3)nc(NC3CCOCC3)c21. The molecular formula is C22H27ClN4O3S. The molecule has 0 radical (unpaired) electrons. The number of aromatic nitrogens is 2. The van der Waals surface area contributed by atoms with Crippen molar-refractivity contribution in [3.8, 4) is 5.75 Å². The highest BCUT2D eigenvalue weighted by Crippen LogP contribution is 2.32. The van der Waals surface area contributed by atoms with Gasteiger partial charge in [0.1, 0.15) is 22.6 Å². The second-order valence-electron chi connectivity index (χ2n) is 8.21. The van der Waals surface area contributed by atoms with Gasteiger partial charge in [0.15, 0.2) is 0 Å². The molecule has 2 aromatic rings. The van der Waals surface area contributed by atoms with Crippen LogP contribution < -0.4 is 15.0 Å². The number of para-hydroxylation sites is 1. The van der Waals surface area contributed by atoms with Gasteiger partial charge in [-0.05, 0) is 25.0 Å². The molecule has 5 rings (SSSR count). The third-order valence-electron chi connectivity index (χ3n) is 6.09. The van der Waals surface area contributed by atoms with E-state index in [0.717, 1.165) is 86.5 Å². The van der Waals surface area contributed by atoms with Crippen LogP contribution in [-0.4, -0.2) is 58.4 Å². The van der Waals surface area contributed by atoms with Crippen LogP contribution in [0.4, 0.5) is 11.8 Å². The Morgan fingerprint density at radius 2 is 1.90 bits per heavy atom. The number of hydrogen-bond donors (Lipinski definition) is 1. The van der Waals surface area contributed by atoms with Gasteiger partial charge in [0.05, 0.1) is 21.5 Å². The van der Waals surface area contributed by atoms with E-state index in [4.69, 9.17) is 31.0 Å². The molecule has 31 heavy (non-hydrogen) atoms. The van der Waals surface area contributed by atoms with E-state index in [9.17, 15) is 4.21 Å². The molecule has 7 nitrogen and oxygen atoms in total. The number of fused-ring (bicyclic) bond motifs is 1. The van der Waals surface area contributed by atoms with Gasteiger partial charge in [-0.3, -0.25) is 4.21 Å². The first-order valence-corrected chi connectivity index (χ1v) is 12.7. The van der Waals surface area contributed by atoms with Gasteiger partial charge < -0.3 is 19.7 Å². The summed E-state index contributed by atoms with van der Waals surface area (Å²) < 4.78 is 24.2. The molecule has 2 saturated heterocycles. The van der Waals surface area contributed by atoms with E-state index in [2.05, 4.69) is 10.2 Å². The van der Waals surface area contributed by atoms with E-state index >= 15 is 0 Å². The molecule has 0 aliphatic carbocycles. The summed E-state index contributed by atoms with van der Waals surface area (Å²) in [5.41, 5.74) is 0.923. The van der Waals surface area contributed by atoms with Crippen LogP contribution in [0.5, 0.6) is 5.75 Å². The summed E-state index contributed by atoms with van der Waals surface area (Å²) in [5.74, 6) is 2.84. The average molecular weight is 463 g/mol. The number of piperidine rings is 1. The highest BCUT2D eigenvalue weighted by atomic mass is 35.5. The van der Waals surface area contributed by atoms with Gasteiger partial charge in [0.25, 0.3) is 0 Å². The number of nitrogens with one attached hydrogen (secondary N) is 1. The number of halogens is 1. The molecule has 1 atom stereocenters. The summed E-state index contributed by atoms with van der Waals surface area (Å²) in [7, 11) is -1.03. The van der Waals surface area contributed by atoms with Gasteiger partial charge in [-0.15, -0.1) is 0 Å². The minimum atomic E-state index is -1.03. The van der Waals surface area contributed by atoms with Gasteiger partial charge in [-0.1, -0.05) is 23.7 Å². The smallest absolute Gasteiger partial charge is 0.227 e. The number of nitrogens with zero attached hydrogens (tertiary/aromatic N) is 3. The summed E-state index contributed by atoms with van der Waals surface area (Å²) in [5, 5.41) is 4.19. The second kappa shape index (κ2) is 9.30. The van der Waals surface area contributed by atoms with Crippen LogP contribution in [0, 0.1) is 0 Å². The third-order valence-corrected chi connectivity index (χ3v) is 7.86. The number of anilines is 2. The molecule has 3 aliphatic rings. The Morgan fingerprint density at radius 1 is 1.13 bits per heavy atom. The first kappa shape index (κ1) is 21.0. The maximum absolute atomic E-state index is 12.6. The van der Waals surface area contributed by atoms with Crippen molar-refractivity contribution in [3.63, 3.8) is 0 Å². The molecule has 1 N–H and O–H groups in total. The third kappa shape index (κ3) is 4.66. The highest BCUT2D eigenvalue weighted by molar-refractivity contribution is 7.85. The molecule has 0 amide bonds. The standard InChI is InChI=1S/C22H27ClN4O3S/c23-17-3-1-2-4-19(17)30-16-5-10-27(11-6-16)22-25-18-9-14-31(28)20(18)21(26-22)24-15-7-12-29-13-8-15/h1-4,15-16H,5-14H2,(H,24,25,26). The van der Waals surface area contributed by atoms with Crippen molar-refractivity contribution in [1.29, 1.82) is 0 Å². The predicted octanol–water partition coefficient (Wildman–Crippen LogP) is 3.43. The van der Waals surface area contributed by atoms with Crippen LogP contribution in [0.1, 0.15) is 31.4 Å². The van der Waals surface area contributed by atoms with Crippen molar-refractivity contribution >= 4 is 34.2 Å². The molecule has 3 aliphatic heterocycles. The molecule has 166 valence electrons. The molecule has 0 spiro atoms. The lowest BCUT2D eigenvalue weighted by molar-refractivity contribution is 0.0903. The Kier molecular flexibility index (Phi) is 6.29. The van der Waals surface area contributed by atoms with Crippen molar-refractivity contribution < 1.29 is 13.7 Å². The minimum absolute atomic E-state index is 0.123.